The molecule has 0 amide bonds. The van der Waals surface area contributed by atoms with Crippen LogP contribution in [0.5, 0.6) is 11.5 Å². The van der Waals surface area contributed by atoms with Gasteiger partial charge in [0.2, 0.25) is 0 Å². The molecule has 0 atom stereocenters. The van der Waals surface area contributed by atoms with Crippen molar-refractivity contribution >= 4 is 27.5 Å². The van der Waals surface area contributed by atoms with Crippen molar-refractivity contribution in [2.75, 3.05) is 27.2 Å². The molecule has 0 fully saturated rings. The van der Waals surface area contributed by atoms with E-state index in [9.17, 15) is 4.39 Å². The van der Waals surface area contributed by atoms with Gasteiger partial charge in [-0.2, -0.15) is 0 Å². The van der Waals surface area contributed by atoms with Gasteiger partial charge in [-0.1, -0.05) is 17.7 Å². The number of halogens is 3. The van der Waals surface area contributed by atoms with Crippen LogP contribution in [-0.4, -0.2) is 27.2 Å². The summed E-state index contributed by atoms with van der Waals surface area (Å²) in [4.78, 5) is 0. The van der Waals surface area contributed by atoms with Gasteiger partial charge in [0.05, 0.1) is 16.6 Å². The number of ether oxygens (including phenoxy) is 2. The molecular weight excluding hydrogens is 423 g/mol. The van der Waals surface area contributed by atoms with Crippen LogP contribution in [0.2, 0.25) is 5.02 Å². The zero-order valence-corrected chi connectivity index (χ0v) is 17.2. The van der Waals surface area contributed by atoms with E-state index in [0.717, 1.165) is 36.1 Å². The molecule has 0 aromatic heterocycles. The summed E-state index contributed by atoms with van der Waals surface area (Å²) in [5.41, 5.74) is 1.38. The molecule has 2 N–H and O–H groups in total. The molecule has 0 radical (unpaired) electrons. The summed E-state index contributed by atoms with van der Waals surface area (Å²) < 4.78 is 25.9. The molecule has 0 aliphatic carbocycles. The van der Waals surface area contributed by atoms with Crippen LogP contribution in [0.3, 0.4) is 0 Å². The highest BCUT2D eigenvalue weighted by Crippen LogP contribution is 2.37. The Kier molecular flexibility index (Phi) is 8.65. The van der Waals surface area contributed by atoms with Crippen molar-refractivity contribution in [1.29, 1.82) is 0 Å². The summed E-state index contributed by atoms with van der Waals surface area (Å²) >= 11 is 9.57. The fourth-order valence-electron chi connectivity index (χ4n) is 2.45. The van der Waals surface area contributed by atoms with Gasteiger partial charge in [-0.05, 0) is 72.3 Å². The van der Waals surface area contributed by atoms with Crippen LogP contribution in [0.25, 0.3) is 0 Å². The van der Waals surface area contributed by atoms with Gasteiger partial charge in [-0.15, -0.1) is 0 Å². The number of hydrogen-bond acceptors (Lipinski definition) is 4. The van der Waals surface area contributed by atoms with Crippen LogP contribution in [0.4, 0.5) is 4.39 Å². The van der Waals surface area contributed by atoms with Crippen molar-refractivity contribution in [1.82, 2.24) is 10.6 Å². The molecule has 0 spiro atoms. The normalized spacial score (nSPS) is 10.8. The highest BCUT2D eigenvalue weighted by atomic mass is 79.9. The third-order valence-corrected chi connectivity index (χ3v) is 4.76. The molecule has 7 heteroatoms. The third kappa shape index (κ3) is 5.84. The van der Waals surface area contributed by atoms with Crippen LogP contribution >= 0.6 is 27.5 Å². The minimum atomic E-state index is -0.394. The molecule has 0 aliphatic rings. The zero-order chi connectivity index (χ0) is 18.9. The summed E-state index contributed by atoms with van der Waals surface area (Å²) in [5, 5.41) is 6.84. The van der Waals surface area contributed by atoms with E-state index in [1.165, 1.54) is 6.07 Å². The zero-order valence-electron chi connectivity index (χ0n) is 14.9. The average molecular weight is 446 g/mol. The van der Waals surface area contributed by atoms with Crippen LogP contribution < -0.4 is 20.1 Å². The molecule has 2 rings (SSSR count). The Hall–Kier alpha value is -1.34. The standard InChI is InChI=1S/C19H23BrClFN2O2/c1-23-7-4-8-24-11-13-9-15(20)19(18(10-13)25-2)26-12-14-16(21)5-3-6-17(14)22/h3,5-6,9-10,23-24H,4,7-8,11-12H2,1-2H3. The Labute approximate surface area is 167 Å². The van der Waals surface area contributed by atoms with Crippen molar-refractivity contribution in [2.45, 2.75) is 19.6 Å². The Morgan fingerprint density at radius 3 is 2.73 bits per heavy atom. The SMILES string of the molecule is CNCCCNCc1cc(Br)c(OCc2c(F)cccc2Cl)c(OC)c1. The first kappa shape index (κ1) is 21.0. The smallest absolute Gasteiger partial charge is 0.175 e. The summed E-state index contributed by atoms with van der Waals surface area (Å²) in [7, 11) is 3.52. The van der Waals surface area contributed by atoms with E-state index in [0.29, 0.717) is 22.1 Å². The van der Waals surface area contributed by atoms with Gasteiger partial charge in [0, 0.05) is 12.1 Å². The lowest BCUT2D eigenvalue weighted by molar-refractivity contribution is 0.277. The molecule has 0 saturated heterocycles. The fraction of sp³-hybridized carbons (Fsp3) is 0.368. The molecule has 2 aromatic rings. The lowest BCUT2D eigenvalue weighted by atomic mass is 10.2. The van der Waals surface area contributed by atoms with E-state index in [2.05, 4.69) is 26.6 Å². The maximum atomic E-state index is 13.9. The molecule has 142 valence electrons. The van der Waals surface area contributed by atoms with Gasteiger partial charge in [0.1, 0.15) is 12.4 Å². The van der Waals surface area contributed by atoms with Crippen LogP contribution in [0.15, 0.2) is 34.8 Å². The van der Waals surface area contributed by atoms with Gasteiger partial charge in [-0.3, -0.25) is 0 Å². The quantitative estimate of drug-likeness (QED) is 0.527. The van der Waals surface area contributed by atoms with Crippen molar-refractivity contribution in [3.63, 3.8) is 0 Å². The summed E-state index contributed by atoms with van der Waals surface area (Å²) in [5.74, 6) is 0.708. The molecular formula is C19H23BrClFN2O2. The second kappa shape index (κ2) is 10.7. The number of benzene rings is 2. The topological polar surface area (TPSA) is 42.5 Å². The Balaban J connectivity index is 2.06. The van der Waals surface area contributed by atoms with E-state index in [4.69, 9.17) is 21.1 Å². The summed E-state index contributed by atoms with van der Waals surface area (Å²) in [6.07, 6.45) is 1.05. The first-order valence-electron chi connectivity index (χ1n) is 8.34. The second-order valence-corrected chi connectivity index (χ2v) is 6.99. The summed E-state index contributed by atoms with van der Waals surface area (Å²) in [6.45, 7) is 2.64. The second-order valence-electron chi connectivity index (χ2n) is 5.73. The van der Waals surface area contributed by atoms with E-state index in [-0.39, 0.29) is 6.61 Å². The molecule has 0 aliphatic heterocycles. The fourth-order valence-corrected chi connectivity index (χ4v) is 3.27. The average Bonchev–Trinajstić information content (AvgIpc) is 2.62. The van der Waals surface area contributed by atoms with E-state index < -0.39 is 5.82 Å². The minimum absolute atomic E-state index is 0.0160. The first-order chi connectivity index (χ1) is 12.6. The largest absolute Gasteiger partial charge is 0.493 e. The predicted octanol–water partition coefficient (Wildman–Crippen LogP) is 4.53. The van der Waals surface area contributed by atoms with Gasteiger partial charge >= 0.3 is 0 Å². The highest BCUT2D eigenvalue weighted by molar-refractivity contribution is 9.10. The Morgan fingerprint density at radius 2 is 2.04 bits per heavy atom. The molecule has 4 nitrogen and oxygen atoms in total. The first-order valence-corrected chi connectivity index (χ1v) is 9.51. The van der Waals surface area contributed by atoms with Crippen molar-refractivity contribution in [3.05, 3.63) is 56.8 Å². The van der Waals surface area contributed by atoms with Crippen LogP contribution in [0, 0.1) is 5.82 Å². The number of methoxy groups -OCH3 is 1. The Morgan fingerprint density at radius 1 is 1.23 bits per heavy atom. The molecule has 0 heterocycles. The molecule has 26 heavy (non-hydrogen) atoms. The number of hydrogen-bond donors (Lipinski definition) is 2. The van der Waals surface area contributed by atoms with Crippen molar-refractivity contribution in [2.24, 2.45) is 0 Å². The molecule has 0 bridgehead atoms. The van der Waals surface area contributed by atoms with Gasteiger partial charge in [0.15, 0.2) is 11.5 Å². The van der Waals surface area contributed by atoms with Crippen LogP contribution in [0.1, 0.15) is 17.5 Å². The molecule has 0 unspecified atom stereocenters. The maximum absolute atomic E-state index is 13.9. The van der Waals surface area contributed by atoms with E-state index >= 15 is 0 Å². The predicted molar refractivity (Wildman–Crippen MR) is 107 cm³/mol. The van der Waals surface area contributed by atoms with E-state index in [1.54, 1.807) is 19.2 Å². The number of rotatable bonds is 10. The number of nitrogens with one attached hydrogen (secondary N) is 2. The minimum Gasteiger partial charge on any atom is -0.493 e. The lowest BCUT2D eigenvalue weighted by Crippen LogP contribution is -2.19. The molecule has 0 saturated carbocycles. The van der Waals surface area contributed by atoms with Crippen molar-refractivity contribution < 1.29 is 13.9 Å². The van der Waals surface area contributed by atoms with Gasteiger partial charge in [-0.25, -0.2) is 4.39 Å². The van der Waals surface area contributed by atoms with Gasteiger partial charge < -0.3 is 20.1 Å². The third-order valence-electron chi connectivity index (χ3n) is 3.82. The lowest BCUT2D eigenvalue weighted by Gasteiger charge is -2.15. The Bertz CT molecular complexity index is 711. The maximum Gasteiger partial charge on any atom is 0.175 e. The molecule has 2 aromatic carbocycles. The van der Waals surface area contributed by atoms with E-state index in [1.807, 2.05) is 19.2 Å². The highest BCUT2D eigenvalue weighted by Gasteiger charge is 2.14. The van der Waals surface area contributed by atoms with Gasteiger partial charge in [0.25, 0.3) is 0 Å². The van der Waals surface area contributed by atoms with Crippen LogP contribution in [-0.2, 0) is 13.2 Å². The summed E-state index contributed by atoms with van der Waals surface area (Å²) in [6, 6.07) is 8.44. The monoisotopic (exact) mass is 444 g/mol. The van der Waals surface area contributed by atoms with Crippen molar-refractivity contribution in [3.8, 4) is 11.5 Å².